The maximum atomic E-state index is 11.1. The Morgan fingerprint density at radius 3 is 2.67 bits per heavy atom. The number of hydrogen-bond acceptors (Lipinski definition) is 3. The molecule has 0 aliphatic carbocycles. The van der Waals surface area contributed by atoms with Crippen LogP contribution in [-0.2, 0) is 7.05 Å². The average Bonchev–Trinajstić information content (AvgIpc) is 2.69. The van der Waals surface area contributed by atoms with E-state index in [1.807, 2.05) is 20.8 Å². The molecule has 0 atom stereocenters. The summed E-state index contributed by atoms with van der Waals surface area (Å²) in [4.78, 5) is 15.3. The molecule has 0 aliphatic heterocycles. The van der Waals surface area contributed by atoms with Crippen LogP contribution < -0.4 is 4.74 Å². The molecule has 1 aromatic carbocycles. The second kappa shape index (κ2) is 6.05. The smallest absolute Gasteiger partial charge is 0.337 e. The van der Waals surface area contributed by atoms with Gasteiger partial charge in [0.2, 0.25) is 0 Å². The largest absolute Gasteiger partial charge is 0.478 e. The number of aromatic carboxylic acids is 1. The highest BCUT2D eigenvalue weighted by Gasteiger charge is 2.15. The molecule has 0 aliphatic rings. The third-order valence-corrected chi connectivity index (χ3v) is 2.36. The molecule has 1 heterocycles. The molecule has 0 spiro atoms. The summed E-state index contributed by atoms with van der Waals surface area (Å²) in [5.41, 5.74) is 1.45. The molecule has 0 bridgehead atoms. The molecule has 18 heavy (non-hydrogen) atoms. The van der Waals surface area contributed by atoms with Gasteiger partial charge in [-0.1, -0.05) is 19.9 Å². The molecule has 0 saturated heterocycles. The van der Waals surface area contributed by atoms with Crippen molar-refractivity contribution in [1.82, 2.24) is 9.55 Å². The molecule has 0 amide bonds. The van der Waals surface area contributed by atoms with Crippen molar-refractivity contribution in [3.63, 3.8) is 0 Å². The highest BCUT2D eigenvalue weighted by molar-refractivity contribution is 6.01. The van der Waals surface area contributed by atoms with Crippen LogP contribution in [0.15, 0.2) is 18.2 Å². The van der Waals surface area contributed by atoms with Crippen LogP contribution in [0.4, 0.5) is 0 Å². The lowest BCUT2D eigenvalue weighted by Gasteiger charge is -2.03. The molecule has 0 saturated carbocycles. The van der Waals surface area contributed by atoms with Crippen molar-refractivity contribution in [3.05, 3.63) is 23.8 Å². The standard InChI is InChI=1S/C11H12N2O3.C2H6/c1-3-16-11-12-8-6-4-5-7(10(14)15)9(8)13(11)2;1-2/h4-6H,3H2,1-2H3,(H,14,15);1-2H3. The maximum absolute atomic E-state index is 11.1. The van der Waals surface area contributed by atoms with Gasteiger partial charge in [0.1, 0.15) is 0 Å². The van der Waals surface area contributed by atoms with Crippen LogP contribution in [0.5, 0.6) is 6.01 Å². The van der Waals surface area contributed by atoms with Crippen molar-refractivity contribution in [2.24, 2.45) is 7.05 Å². The molecular formula is C13H18N2O3. The predicted molar refractivity (Wildman–Crippen MR) is 70.2 cm³/mol. The lowest BCUT2D eigenvalue weighted by atomic mass is 10.2. The normalized spacial score (nSPS) is 9.78. The van der Waals surface area contributed by atoms with E-state index in [4.69, 9.17) is 9.84 Å². The molecular weight excluding hydrogens is 232 g/mol. The Hall–Kier alpha value is -2.04. The number of benzene rings is 1. The first-order chi connectivity index (χ1) is 8.65. The number of para-hydroxylation sites is 1. The first kappa shape index (κ1) is 14.0. The highest BCUT2D eigenvalue weighted by Crippen LogP contribution is 2.23. The number of aryl methyl sites for hydroxylation is 1. The van der Waals surface area contributed by atoms with E-state index in [9.17, 15) is 4.79 Å². The molecule has 0 radical (unpaired) electrons. The fourth-order valence-electron chi connectivity index (χ4n) is 1.68. The molecule has 2 rings (SSSR count). The molecule has 5 nitrogen and oxygen atoms in total. The highest BCUT2D eigenvalue weighted by atomic mass is 16.5. The van der Waals surface area contributed by atoms with Gasteiger partial charge in [0, 0.05) is 7.05 Å². The minimum absolute atomic E-state index is 0.235. The summed E-state index contributed by atoms with van der Waals surface area (Å²) in [7, 11) is 1.74. The van der Waals surface area contributed by atoms with E-state index in [2.05, 4.69) is 4.98 Å². The average molecular weight is 250 g/mol. The Balaban J connectivity index is 0.000000771. The number of fused-ring (bicyclic) bond motifs is 1. The second-order valence-corrected chi connectivity index (χ2v) is 3.36. The van der Waals surface area contributed by atoms with E-state index in [0.29, 0.717) is 23.7 Å². The van der Waals surface area contributed by atoms with Crippen LogP contribution in [0.3, 0.4) is 0 Å². The van der Waals surface area contributed by atoms with Crippen molar-refractivity contribution < 1.29 is 14.6 Å². The van der Waals surface area contributed by atoms with Crippen LogP contribution in [-0.4, -0.2) is 27.2 Å². The lowest BCUT2D eigenvalue weighted by Crippen LogP contribution is -2.02. The Kier molecular flexibility index (Phi) is 4.71. The van der Waals surface area contributed by atoms with E-state index in [1.165, 1.54) is 0 Å². The van der Waals surface area contributed by atoms with Gasteiger partial charge in [-0.3, -0.25) is 4.57 Å². The van der Waals surface area contributed by atoms with Crippen LogP contribution in [0.2, 0.25) is 0 Å². The molecule has 1 aromatic heterocycles. The number of carboxylic acids is 1. The minimum atomic E-state index is -0.961. The zero-order valence-electron chi connectivity index (χ0n) is 11.1. The van der Waals surface area contributed by atoms with Crippen molar-refractivity contribution in [3.8, 4) is 6.01 Å². The maximum Gasteiger partial charge on any atom is 0.337 e. The Morgan fingerprint density at radius 2 is 2.11 bits per heavy atom. The molecule has 2 aromatic rings. The van der Waals surface area contributed by atoms with Gasteiger partial charge in [0.05, 0.1) is 23.2 Å². The molecule has 98 valence electrons. The fraction of sp³-hybridized carbons (Fsp3) is 0.385. The Morgan fingerprint density at radius 1 is 1.44 bits per heavy atom. The number of rotatable bonds is 3. The van der Waals surface area contributed by atoms with Crippen molar-refractivity contribution in [1.29, 1.82) is 0 Å². The third-order valence-electron chi connectivity index (χ3n) is 2.36. The van der Waals surface area contributed by atoms with Gasteiger partial charge < -0.3 is 9.84 Å². The van der Waals surface area contributed by atoms with Gasteiger partial charge in [-0.15, -0.1) is 0 Å². The van der Waals surface area contributed by atoms with E-state index in [-0.39, 0.29) is 5.56 Å². The first-order valence-corrected chi connectivity index (χ1v) is 5.96. The van der Waals surface area contributed by atoms with E-state index in [0.717, 1.165) is 0 Å². The van der Waals surface area contributed by atoms with Crippen LogP contribution >= 0.6 is 0 Å². The number of nitrogens with zero attached hydrogens (tertiary/aromatic N) is 2. The quantitative estimate of drug-likeness (QED) is 0.909. The van der Waals surface area contributed by atoms with Gasteiger partial charge in [-0.05, 0) is 19.1 Å². The summed E-state index contributed by atoms with van der Waals surface area (Å²) in [5, 5.41) is 9.06. The third kappa shape index (κ3) is 2.45. The van der Waals surface area contributed by atoms with Crippen molar-refractivity contribution in [2.75, 3.05) is 6.61 Å². The van der Waals surface area contributed by atoms with Gasteiger partial charge >= 0.3 is 5.97 Å². The number of ether oxygens (including phenoxy) is 1. The van der Waals surface area contributed by atoms with Gasteiger partial charge in [-0.2, -0.15) is 4.98 Å². The number of imidazole rings is 1. The molecule has 5 heteroatoms. The summed E-state index contributed by atoms with van der Waals surface area (Å²) < 4.78 is 6.97. The van der Waals surface area contributed by atoms with Crippen LogP contribution in [0.1, 0.15) is 31.1 Å². The monoisotopic (exact) mass is 250 g/mol. The van der Waals surface area contributed by atoms with Crippen LogP contribution in [0.25, 0.3) is 11.0 Å². The molecule has 0 fully saturated rings. The van der Waals surface area contributed by atoms with Gasteiger partial charge in [0.25, 0.3) is 6.01 Å². The summed E-state index contributed by atoms with van der Waals surface area (Å²) in [6, 6.07) is 5.44. The summed E-state index contributed by atoms with van der Waals surface area (Å²) >= 11 is 0. The van der Waals surface area contributed by atoms with E-state index >= 15 is 0 Å². The zero-order valence-corrected chi connectivity index (χ0v) is 11.1. The minimum Gasteiger partial charge on any atom is -0.478 e. The summed E-state index contributed by atoms with van der Waals surface area (Å²) in [5.74, 6) is -0.961. The second-order valence-electron chi connectivity index (χ2n) is 3.36. The lowest BCUT2D eigenvalue weighted by molar-refractivity contribution is 0.0698. The van der Waals surface area contributed by atoms with Gasteiger partial charge in [0.15, 0.2) is 0 Å². The van der Waals surface area contributed by atoms with Crippen LogP contribution in [0, 0.1) is 0 Å². The van der Waals surface area contributed by atoms with Crippen molar-refractivity contribution in [2.45, 2.75) is 20.8 Å². The predicted octanol–water partition coefficient (Wildman–Crippen LogP) is 2.70. The SMILES string of the molecule is CC.CCOc1nc2cccc(C(=O)O)c2n1C. The fourth-order valence-corrected chi connectivity index (χ4v) is 1.68. The first-order valence-electron chi connectivity index (χ1n) is 5.96. The Bertz CT molecular complexity index is 546. The number of carbonyl (C=O) groups is 1. The number of aromatic nitrogens is 2. The Labute approximate surface area is 106 Å². The zero-order chi connectivity index (χ0) is 13.7. The number of hydrogen-bond donors (Lipinski definition) is 1. The van der Waals surface area contributed by atoms with Gasteiger partial charge in [-0.25, -0.2) is 4.79 Å². The summed E-state index contributed by atoms with van der Waals surface area (Å²) in [6.07, 6.45) is 0. The molecule has 1 N–H and O–H groups in total. The van der Waals surface area contributed by atoms with E-state index in [1.54, 1.807) is 29.8 Å². The number of carboxylic acid groups (broad SMARTS) is 1. The molecule has 0 unspecified atom stereocenters. The van der Waals surface area contributed by atoms with Crippen molar-refractivity contribution >= 4 is 17.0 Å². The topological polar surface area (TPSA) is 64.3 Å². The summed E-state index contributed by atoms with van der Waals surface area (Å²) in [6.45, 7) is 6.36. The van der Waals surface area contributed by atoms with E-state index < -0.39 is 5.97 Å².